The molecule has 6 nitrogen and oxygen atoms in total. The fourth-order valence-electron chi connectivity index (χ4n) is 5.45. The van der Waals surface area contributed by atoms with Crippen LogP contribution < -0.4 is 9.47 Å². The Kier molecular flexibility index (Phi) is 9.34. The van der Waals surface area contributed by atoms with Crippen molar-refractivity contribution in [3.63, 3.8) is 0 Å². The zero-order valence-electron chi connectivity index (χ0n) is 21.7. The molecule has 1 fully saturated rings. The number of rotatable bonds is 12. The highest BCUT2D eigenvalue weighted by atomic mass is 19.1. The number of carbonyl (C=O) groups is 1. The first-order valence-corrected chi connectivity index (χ1v) is 13.1. The number of unbranched alkanes of at least 4 members (excludes halogenated alkanes) is 1. The van der Waals surface area contributed by atoms with Gasteiger partial charge in [0, 0.05) is 18.1 Å². The van der Waals surface area contributed by atoms with Gasteiger partial charge in [-0.15, -0.1) is 0 Å². The van der Waals surface area contributed by atoms with Crippen molar-refractivity contribution in [3.05, 3.63) is 65.9 Å². The number of carboxylic acids is 1. The first-order valence-electron chi connectivity index (χ1n) is 13.1. The molecule has 0 saturated carbocycles. The third-order valence-electron chi connectivity index (χ3n) is 7.59. The number of aromatic nitrogens is 1. The molecule has 1 unspecified atom stereocenters. The van der Waals surface area contributed by atoms with Crippen molar-refractivity contribution < 1.29 is 23.8 Å². The maximum Gasteiger partial charge on any atom is 0.308 e. The van der Waals surface area contributed by atoms with Crippen molar-refractivity contribution in [3.8, 4) is 11.5 Å². The molecule has 3 atom stereocenters. The Morgan fingerprint density at radius 2 is 1.95 bits per heavy atom. The van der Waals surface area contributed by atoms with Gasteiger partial charge < -0.3 is 19.5 Å². The van der Waals surface area contributed by atoms with E-state index in [1.807, 2.05) is 30.3 Å². The van der Waals surface area contributed by atoms with Crippen molar-refractivity contribution in [2.75, 3.05) is 33.9 Å². The summed E-state index contributed by atoms with van der Waals surface area (Å²) in [6.45, 7) is 2.28. The normalized spacial score (nSPS) is 19.0. The maximum atomic E-state index is 15.4. The standard InChI is InChI=1S/C30H37FN2O4/c1-36-23-8-5-7-21(18-23)6-3-4-16-33-17-14-22(27(20-33)30(34)35)9-11-28(31)25-13-15-32-29-12-10-24(37-2)19-26(25)29/h5,7-8,10,12-13,15,18-19,22,27-28H,3-4,6,9,11,14,16-17,20H2,1-2H3,(H,34,35)/t22-,27+,28?/m1/s1. The average Bonchev–Trinajstić information content (AvgIpc) is 2.93. The molecular weight excluding hydrogens is 471 g/mol. The van der Waals surface area contributed by atoms with E-state index >= 15 is 4.39 Å². The van der Waals surface area contributed by atoms with Gasteiger partial charge in [-0.2, -0.15) is 0 Å². The molecule has 1 aliphatic heterocycles. The summed E-state index contributed by atoms with van der Waals surface area (Å²) >= 11 is 0. The summed E-state index contributed by atoms with van der Waals surface area (Å²) in [6, 6.07) is 15.3. The minimum atomic E-state index is -1.18. The summed E-state index contributed by atoms with van der Waals surface area (Å²) in [4.78, 5) is 18.7. The number of pyridine rings is 1. The summed E-state index contributed by atoms with van der Waals surface area (Å²) in [5.41, 5.74) is 2.57. The van der Waals surface area contributed by atoms with Gasteiger partial charge in [0.25, 0.3) is 0 Å². The molecule has 1 aromatic heterocycles. The zero-order chi connectivity index (χ0) is 26.2. The number of aryl methyl sites for hydroxylation is 1. The van der Waals surface area contributed by atoms with Gasteiger partial charge in [0.05, 0.1) is 25.7 Å². The number of carboxylic acid groups (broad SMARTS) is 1. The molecule has 0 spiro atoms. The van der Waals surface area contributed by atoms with E-state index in [0.717, 1.165) is 55.4 Å². The molecule has 2 heterocycles. The first kappa shape index (κ1) is 26.9. The summed E-state index contributed by atoms with van der Waals surface area (Å²) in [7, 11) is 3.26. The number of hydrogen-bond acceptors (Lipinski definition) is 5. The number of methoxy groups -OCH3 is 2. The topological polar surface area (TPSA) is 71.9 Å². The fourth-order valence-corrected chi connectivity index (χ4v) is 5.45. The van der Waals surface area contributed by atoms with Crippen LogP contribution in [0.25, 0.3) is 10.9 Å². The fraction of sp³-hybridized carbons (Fsp3) is 0.467. The molecule has 37 heavy (non-hydrogen) atoms. The molecule has 7 heteroatoms. The molecule has 198 valence electrons. The number of nitrogens with zero attached hydrogens (tertiary/aromatic N) is 2. The molecular formula is C30H37FN2O4. The van der Waals surface area contributed by atoms with Gasteiger partial charge in [-0.25, -0.2) is 4.39 Å². The van der Waals surface area contributed by atoms with Crippen LogP contribution in [-0.4, -0.2) is 54.8 Å². The van der Waals surface area contributed by atoms with Crippen molar-refractivity contribution in [2.24, 2.45) is 11.8 Å². The number of hydrogen-bond donors (Lipinski definition) is 1. The third-order valence-corrected chi connectivity index (χ3v) is 7.59. The van der Waals surface area contributed by atoms with Gasteiger partial charge in [0.15, 0.2) is 0 Å². The van der Waals surface area contributed by atoms with Crippen LogP contribution >= 0.6 is 0 Å². The highest BCUT2D eigenvalue weighted by molar-refractivity contribution is 5.83. The summed E-state index contributed by atoms with van der Waals surface area (Å²) < 4.78 is 26.0. The van der Waals surface area contributed by atoms with Gasteiger partial charge >= 0.3 is 5.97 Å². The Morgan fingerprint density at radius 3 is 2.73 bits per heavy atom. The molecule has 0 bridgehead atoms. The van der Waals surface area contributed by atoms with E-state index in [1.165, 1.54) is 5.56 Å². The van der Waals surface area contributed by atoms with Crippen molar-refractivity contribution in [1.82, 2.24) is 9.88 Å². The van der Waals surface area contributed by atoms with Crippen LogP contribution in [0.5, 0.6) is 11.5 Å². The van der Waals surface area contributed by atoms with Gasteiger partial charge in [0.1, 0.15) is 17.7 Å². The van der Waals surface area contributed by atoms with E-state index in [4.69, 9.17) is 9.47 Å². The minimum absolute atomic E-state index is 0.0218. The number of likely N-dealkylation sites (tertiary alicyclic amines) is 1. The summed E-state index contributed by atoms with van der Waals surface area (Å²) in [5.74, 6) is 0.271. The maximum absolute atomic E-state index is 15.4. The Hall–Kier alpha value is -3.19. The van der Waals surface area contributed by atoms with Crippen molar-refractivity contribution in [2.45, 2.75) is 44.7 Å². The van der Waals surface area contributed by atoms with Crippen LogP contribution in [-0.2, 0) is 11.2 Å². The number of fused-ring (bicyclic) bond motifs is 1. The Labute approximate surface area is 218 Å². The third kappa shape index (κ3) is 6.98. The van der Waals surface area contributed by atoms with Gasteiger partial charge in [0.2, 0.25) is 0 Å². The smallest absolute Gasteiger partial charge is 0.308 e. The van der Waals surface area contributed by atoms with E-state index in [0.29, 0.717) is 30.7 Å². The predicted molar refractivity (Wildman–Crippen MR) is 143 cm³/mol. The van der Waals surface area contributed by atoms with Crippen LogP contribution in [0.15, 0.2) is 54.7 Å². The lowest BCUT2D eigenvalue weighted by molar-refractivity contribution is -0.146. The van der Waals surface area contributed by atoms with Crippen LogP contribution in [0, 0.1) is 11.8 Å². The Morgan fingerprint density at radius 1 is 1.14 bits per heavy atom. The lowest BCUT2D eigenvalue weighted by atomic mass is 9.81. The number of piperidine rings is 1. The van der Waals surface area contributed by atoms with Gasteiger partial charge in [-0.05, 0) is 105 Å². The number of aliphatic carboxylic acids is 1. The van der Waals surface area contributed by atoms with Crippen molar-refractivity contribution in [1.29, 1.82) is 0 Å². The predicted octanol–water partition coefficient (Wildman–Crippen LogP) is 6.09. The number of benzene rings is 2. The largest absolute Gasteiger partial charge is 0.497 e. The lowest BCUT2D eigenvalue weighted by Gasteiger charge is -2.37. The van der Waals surface area contributed by atoms with Crippen LogP contribution in [0.4, 0.5) is 4.39 Å². The lowest BCUT2D eigenvalue weighted by Crippen LogP contribution is -2.44. The van der Waals surface area contributed by atoms with E-state index in [-0.39, 0.29) is 5.92 Å². The van der Waals surface area contributed by atoms with Gasteiger partial charge in [-0.3, -0.25) is 9.78 Å². The second kappa shape index (κ2) is 12.9. The van der Waals surface area contributed by atoms with Crippen molar-refractivity contribution >= 4 is 16.9 Å². The first-order chi connectivity index (χ1) is 18.0. The highest BCUT2D eigenvalue weighted by Crippen LogP contribution is 2.35. The monoisotopic (exact) mass is 508 g/mol. The van der Waals surface area contributed by atoms with Crippen LogP contribution in [0.3, 0.4) is 0 Å². The second-order valence-electron chi connectivity index (χ2n) is 9.93. The highest BCUT2D eigenvalue weighted by Gasteiger charge is 2.34. The molecule has 2 aromatic carbocycles. The Balaban J connectivity index is 1.28. The molecule has 0 amide bonds. The summed E-state index contributed by atoms with van der Waals surface area (Å²) in [5, 5.41) is 10.7. The van der Waals surface area contributed by atoms with E-state index in [1.54, 1.807) is 26.5 Å². The van der Waals surface area contributed by atoms with E-state index in [2.05, 4.69) is 22.0 Å². The van der Waals surface area contributed by atoms with E-state index < -0.39 is 18.1 Å². The number of alkyl halides is 1. The van der Waals surface area contributed by atoms with Crippen LogP contribution in [0.1, 0.15) is 49.4 Å². The quantitative estimate of drug-likeness (QED) is 0.299. The summed E-state index contributed by atoms with van der Waals surface area (Å²) in [6.07, 6.45) is 5.11. The SMILES string of the molecule is COc1cccc(CCCCN2CC[C@@H](CCC(F)c3ccnc4ccc(OC)cc34)[C@@H](C(=O)O)C2)c1. The van der Waals surface area contributed by atoms with Gasteiger partial charge in [-0.1, -0.05) is 12.1 Å². The minimum Gasteiger partial charge on any atom is -0.497 e. The molecule has 1 aliphatic rings. The molecule has 3 aromatic rings. The molecule has 4 rings (SSSR count). The number of ether oxygens (including phenoxy) is 2. The Bertz CT molecular complexity index is 1190. The average molecular weight is 509 g/mol. The second-order valence-corrected chi connectivity index (χ2v) is 9.93. The van der Waals surface area contributed by atoms with Crippen LogP contribution in [0.2, 0.25) is 0 Å². The molecule has 1 N–H and O–H groups in total. The molecule has 1 saturated heterocycles. The molecule has 0 radical (unpaired) electrons. The number of halogens is 1. The zero-order valence-corrected chi connectivity index (χ0v) is 21.7. The van der Waals surface area contributed by atoms with E-state index in [9.17, 15) is 9.90 Å². The molecule has 0 aliphatic carbocycles.